The average Bonchev–Trinajstić information content (AvgIpc) is 2.59. The molecule has 2 atom stereocenters. The molecule has 2 aliphatic heterocycles. The predicted molar refractivity (Wildman–Crippen MR) is 87.1 cm³/mol. The molecule has 2 aliphatic rings. The van der Waals surface area contributed by atoms with E-state index in [2.05, 4.69) is 20.2 Å². The van der Waals surface area contributed by atoms with Crippen LogP contribution in [0.3, 0.4) is 0 Å². The van der Waals surface area contributed by atoms with E-state index in [1.54, 1.807) is 12.4 Å². The molecule has 6 heteroatoms. The minimum Gasteiger partial charge on any atom is -0.392 e. The Hall–Kier alpha value is -2.21. The van der Waals surface area contributed by atoms with Crippen molar-refractivity contribution in [2.45, 2.75) is 25.4 Å². The number of piperidine rings is 2. The average molecular weight is 312 g/mol. The largest absolute Gasteiger partial charge is 0.392 e. The molecule has 2 N–H and O–H groups in total. The fraction of sp³-hybridized carbons (Fsp3) is 0.471. The maximum atomic E-state index is 12.5. The van der Waals surface area contributed by atoms with Crippen molar-refractivity contribution in [1.82, 2.24) is 15.3 Å². The van der Waals surface area contributed by atoms with Crippen LogP contribution in [-0.4, -0.2) is 46.7 Å². The second kappa shape index (κ2) is 5.45. The first-order chi connectivity index (χ1) is 11.2. The lowest BCUT2D eigenvalue weighted by atomic mass is 9.71. The maximum Gasteiger partial charge on any atom is 0.230 e. The summed E-state index contributed by atoms with van der Waals surface area (Å²) in [7, 11) is 0. The van der Waals surface area contributed by atoms with Crippen LogP contribution in [-0.2, 0) is 4.79 Å². The van der Waals surface area contributed by atoms with Crippen LogP contribution in [0.4, 0.5) is 5.82 Å². The second-order valence-electron chi connectivity index (χ2n) is 6.45. The molecule has 23 heavy (non-hydrogen) atoms. The van der Waals surface area contributed by atoms with E-state index in [0.29, 0.717) is 26.1 Å². The SMILES string of the molecule is O=C1NCCC[C@]12CN(c1nccc3ncccc13)CC[C@H]2O. The molecule has 0 radical (unpaired) electrons. The molecule has 4 rings (SSSR count). The van der Waals surface area contributed by atoms with Gasteiger partial charge >= 0.3 is 0 Å². The van der Waals surface area contributed by atoms with E-state index in [-0.39, 0.29) is 5.91 Å². The van der Waals surface area contributed by atoms with Crippen LogP contribution >= 0.6 is 0 Å². The molecule has 0 aromatic carbocycles. The summed E-state index contributed by atoms with van der Waals surface area (Å²) < 4.78 is 0. The highest BCUT2D eigenvalue weighted by molar-refractivity contribution is 5.90. The number of aromatic nitrogens is 2. The van der Waals surface area contributed by atoms with Gasteiger partial charge in [0.05, 0.1) is 17.0 Å². The van der Waals surface area contributed by atoms with Crippen molar-refractivity contribution in [2.24, 2.45) is 5.41 Å². The number of carbonyl (C=O) groups excluding carboxylic acids is 1. The zero-order chi connectivity index (χ0) is 15.9. The molecule has 2 aromatic rings. The van der Waals surface area contributed by atoms with Crippen molar-refractivity contribution in [3.05, 3.63) is 30.6 Å². The van der Waals surface area contributed by atoms with Crippen LogP contribution in [0.1, 0.15) is 19.3 Å². The van der Waals surface area contributed by atoms with Crippen molar-refractivity contribution in [3.8, 4) is 0 Å². The van der Waals surface area contributed by atoms with E-state index in [1.165, 1.54) is 0 Å². The molecule has 1 spiro atoms. The maximum absolute atomic E-state index is 12.5. The van der Waals surface area contributed by atoms with Crippen molar-refractivity contribution in [3.63, 3.8) is 0 Å². The first-order valence-corrected chi connectivity index (χ1v) is 8.12. The Morgan fingerprint density at radius 3 is 3.09 bits per heavy atom. The van der Waals surface area contributed by atoms with E-state index in [9.17, 15) is 9.90 Å². The number of amides is 1. The number of hydrogen-bond acceptors (Lipinski definition) is 5. The summed E-state index contributed by atoms with van der Waals surface area (Å²) in [6, 6.07) is 5.79. The Balaban J connectivity index is 1.73. The lowest BCUT2D eigenvalue weighted by Gasteiger charge is -2.47. The Bertz CT molecular complexity index is 745. The highest BCUT2D eigenvalue weighted by Gasteiger charge is 2.50. The number of carbonyl (C=O) groups is 1. The van der Waals surface area contributed by atoms with Crippen LogP contribution in [0.2, 0.25) is 0 Å². The topological polar surface area (TPSA) is 78.4 Å². The normalized spacial score (nSPS) is 28.1. The number of nitrogens with zero attached hydrogens (tertiary/aromatic N) is 3. The van der Waals surface area contributed by atoms with E-state index < -0.39 is 11.5 Å². The number of anilines is 1. The summed E-state index contributed by atoms with van der Waals surface area (Å²) in [4.78, 5) is 23.5. The molecule has 120 valence electrons. The number of fused-ring (bicyclic) bond motifs is 1. The van der Waals surface area contributed by atoms with Crippen molar-refractivity contribution in [1.29, 1.82) is 0 Å². The zero-order valence-electron chi connectivity index (χ0n) is 12.9. The van der Waals surface area contributed by atoms with Crippen LogP contribution in [0.25, 0.3) is 10.9 Å². The molecule has 0 saturated carbocycles. The molecule has 0 aliphatic carbocycles. The van der Waals surface area contributed by atoms with Crippen LogP contribution in [0.15, 0.2) is 30.6 Å². The van der Waals surface area contributed by atoms with Crippen LogP contribution in [0, 0.1) is 5.41 Å². The zero-order valence-corrected chi connectivity index (χ0v) is 12.9. The number of pyridine rings is 2. The van der Waals surface area contributed by atoms with Gasteiger partial charge < -0.3 is 15.3 Å². The summed E-state index contributed by atoms with van der Waals surface area (Å²) >= 11 is 0. The second-order valence-corrected chi connectivity index (χ2v) is 6.45. The molecule has 0 bridgehead atoms. The van der Waals surface area contributed by atoms with E-state index >= 15 is 0 Å². The number of rotatable bonds is 1. The molecular formula is C17H20N4O2. The molecule has 4 heterocycles. The third-order valence-electron chi connectivity index (χ3n) is 5.13. The minimum absolute atomic E-state index is 0.0284. The van der Waals surface area contributed by atoms with E-state index in [1.807, 2.05) is 18.2 Å². The fourth-order valence-electron chi connectivity index (χ4n) is 3.86. The Kier molecular flexibility index (Phi) is 3.41. The first-order valence-electron chi connectivity index (χ1n) is 8.12. The summed E-state index contributed by atoms with van der Waals surface area (Å²) in [6.45, 7) is 1.89. The molecule has 2 aromatic heterocycles. The number of aliphatic hydroxyl groups excluding tert-OH is 1. The van der Waals surface area contributed by atoms with Gasteiger partial charge in [-0.15, -0.1) is 0 Å². The summed E-state index contributed by atoms with van der Waals surface area (Å²) in [5.74, 6) is 0.819. The van der Waals surface area contributed by atoms with E-state index in [4.69, 9.17) is 0 Å². The van der Waals surface area contributed by atoms with Gasteiger partial charge in [-0.05, 0) is 37.5 Å². The molecule has 6 nitrogen and oxygen atoms in total. The molecular weight excluding hydrogens is 292 g/mol. The van der Waals surface area contributed by atoms with Gasteiger partial charge in [-0.3, -0.25) is 9.78 Å². The van der Waals surface area contributed by atoms with Crippen molar-refractivity contribution < 1.29 is 9.90 Å². The van der Waals surface area contributed by atoms with Crippen LogP contribution in [0.5, 0.6) is 0 Å². The first kappa shape index (κ1) is 14.4. The molecule has 1 amide bonds. The minimum atomic E-state index is -0.720. The van der Waals surface area contributed by atoms with Gasteiger partial charge in [-0.25, -0.2) is 4.98 Å². The summed E-state index contributed by atoms with van der Waals surface area (Å²) in [5.41, 5.74) is 0.175. The molecule has 2 saturated heterocycles. The number of hydrogen-bond donors (Lipinski definition) is 2. The molecule has 2 fully saturated rings. The summed E-state index contributed by atoms with van der Waals surface area (Å²) in [5, 5.41) is 14.4. The molecule has 0 unspecified atom stereocenters. The van der Waals surface area contributed by atoms with Crippen molar-refractivity contribution >= 4 is 22.6 Å². The lowest BCUT2D eigenvalue weighted by Crippen LogP contribution is -2.61. The van der Waals surface area contributed by atoms with Gasteiger partial charge in [0.15, 0.2) is 0 Å². The Labute approximate surface area is 134 Å². The van der Waals surface area contributed by atoms with Crippen molar-refractivity contribution in [2.75, 3.05) is 24.5 Å². The Morgan fingerprint density at radius 1 is 1.30 bits per heavy atom. The third kappa shape index (κ3) is 2.25. The predicted octanol–water partition coefficient (Wildman–Crippen LogP) is 1.10. The van der Waals surface area contributed by atoms with Gasteiger partial charge in [-0.2, -0.15) is 0 Å². The van der Waals surface area contributed by atoms with Gasteiger partial charge in [0.2, 0.25) is 5.91 Å². The number of nitrogens with one attached hydrogen (secondary N) is 1. The van der Waals surface area contributed by atoms with Gasteiger partial charge in [-0.1, -0.05) is 0 Å². The number of aliphatic hydroxyl groups is 1. The van der Waals surface area contributed by atoms with Gasteiger partial charge in [0, 0.05) is 37.4 Å². The van der Waals surface area contributed by atoms with Crippen LogP contribution < -0.4 is 10.2 Å². The lowest BCUT2D eigenvalue weighted by molar-refractivity contribution is -0.142. The highest BCUT2D eigenvalue weighted by atomic mass is 16.3. The monoisotopic (exact) mass is 312 g/mol. The summed E-state index contributed by atoms with van der Waals surface area (Å²) in [6.07, 6.45) is 5.13. The van der Waals surface area contributed by atoms with Gasteiger partial charge in [0.1, 0.15) is 5.82 Å². The van der Waals surface area contributed by atoms with E-state index in [0.717, 1.165) is 29.6 Å². The Morgan fingerprint density at radius 2 is 2.22 bits per heavy atom. The standard InChI is InChI=1S/C17H20N4O2/c22-14-5-10-21(11-17(14)6-2-8-20-16(17)23)15-12-3-1-7-18-13(12)4-9-19-15/h1,3-4,7,9,14,22H,2,5-6,8,10-11H2,(H,20,23)/t14-,17-/m1/s1. The fourth-order valence-corrected chi connectivity index (χ4v) is 3.86. The highest BCUT2D eigenvalue weighted by Crippen LogP contribution is 2.39. The smallest absolute Gasteiger partial charge is 0.230 e. The van der Waals surface area contributed by atoms with Gasteiger partial charge in [0.25, 0.3) is 0 Å². The third-order valence-corrected chi connectivity index (χ3v) is 5.13. The quantitative estimate of drug-likeness (QED) is 0.824.